The van der Waals surface area contributed by atoms with E-state index in [0.29, 0.717) is 22.7 Å². The van der Waals surface area contributed by atoms with E-state index in [1.165, 1.54) is 16.4 Å². The van der Waals surface area contributed by atoms with Crippen LogP contribution >= 0.6 is 11.6 Å². The van der Waals surface area contributed by atoms with Gasteiger partial charge in [0.05, 0.1) is 16.7 Å². The minimum atomic E-state index is -3.70. The zero-order valence-electron chi connectivity index (χ0n) is 12.0. The summed E-state index contributed by atoms with van der Waals surface area (Å²) in [5.41, 5.74) is 2.17. The number of halogens is 1. The van der Waals surface area contributed by atoms with Crippen LogP contribution in [-0.4, -0.2) is 20.1 Å². The molecule has 116 valence electrons. The SMILES string of the molecule is Cc1ccc2c(c1)C(O)CCN2S(=O)(=O)c1cccc(Cl)c1. The molecule has 6 heteroatoms. The average Bonchev–Trinajstić information content (AvgIpc) is 2.48. The van der Waals surface area contributed by atoms with Gasteiger partial charge in [-0.2, -0.15) is 0 Å². The molecule has 1 aliphatic rings. The first-order valence-electron chi connectivity index (χ1n) is 6.96. The minimum absolute atomic E-state index is 0.155. The fourth-order valence-electron chi connectivity index (χ4n) is 2.69. The number of hydrogen-bond acceptors (Lipinski definition) is 3. The van der Waals surface area contributed by atoms with Crippen molar-refractivity contribution in [2.75, 3.05) is 10.8 Å². The number of aliphatic hydroxyl groups is 1. The van der Waals surface area contributed by atoms with Crippen LogP contribution in [0.5, 0.6) is 0 Å². The quantitative estimate of drug-likeness (QED) is 0.915. The topological polar surface area (TPSA) is 57.6 Å². The third-order valence-corrected chi connectivity index (χ3v) is 5.84. The lowest BCUT2D eigenvalue weighted by atomic mass is 9.99. The lowest BCUT2D eigenvalue weighted by molar-refractivity contribution is 0.166. The minimum Gasteiger partial charge on any atom is -0.388 e. The molecule has 4 nitrogen and oxygen atoms in total. The summed E-state index contributed by atoms with van der Waals surface area (Å²) < 4.78 is 27.1. The molecule has 0 spiro atoms. The van der Waals surface area contributed by atoms with Gasteiger partial charge >= 0.3 is 0 Å². The zero-order chi connectivity index (χ0) is 15.9. The molecule has 1 N–H and O–H groups in total. The third-order valence-electron chi connectivity index (χ3n) is 3.80. The molecule has 1 unspecified atom stereocenters. The molecule has 2 aromatic rings. The number of nitrogens with zero attached hydrogens (tertiary/aromatic N) is 1. The summed E-state index contributed by atoms with van der Waals surface area (Å²) in [4.78, 5) is 0.155. The predicted octanol–water partition coefficient (Wildman–Crippen LogP) is 3.28. The van der Waals surface area contributed by atoms with Gasteiger partial charge in [-0.15, -0.1) is 0 Å². The molecular weight excluding hydrogens is 322 g/mol. The van der Waals surface area contributed by atoms with E-state index in [-0.39, 0.29) is 11.4 Å². The van der Waals surface area contributed by atoms with Gasteiger partial charge in [-0.05, 0) is 37.6 Å². The number of sulfonamides is 1. The summed E-state index contributed by atoms with van der Waals surface area (Å²) in [6.45, 7) is 2.16. The van der Waals surface area contributed by atoms with E-state index in [2.05, 4.69) is 0 Å². The van der Waals surface area contributed by atoms with E-state index >= 15 is 0 Å². The Labute approximate surface area is 135 Å². The maximum Gasteiger partial charge on any atom is 0.264 e. The standard InChI is InChI=1S/C16H16ClNO3S/c1-11-5-6-15-14(9-11)16(19)7-8-18(15)22(20,21)13-4-2-3-12(17)10-13/h2-6,9-10,16,19H,7-8H2,1H3. The highest BCUT2D eigenvalue weighted by Gasteiger charge is 2.32. The van der Waals surface area contributed by atoms with Gasteiger partial charge in [0.1, 0.15) is 0 Å². The second-order valence-corrected chi connectivity index (χ2v) is 7.70. The number of rotatable bonds is 2. The summed E-state index contributed by atoms with van der Waals surface area (Å²) in [7, 11) is -3.70. The molecule has 2 aromatic carbocycles. The molecule has 0 amide bonds. The van der Waals surface area contributed by atoms with E-state index < -0.39 is 16.1 Å². The molecule has 1 atom stereocenters. The van der Waals surface area contributed by atoms with Crippen molar-refractivity contribution in [3.63, 3.8) is 0 Å². The first kappa shape index (κ1) is 15.3. The molecular formula is C16H16ClNO3S. The fourth-order valence-corrected chi connectivity index (χ4v) is 4.49. The van der Waals surface area contributed by atoms with Gasteiger partial charge in [-0.1, -0.05) is 35.4 Å². The van der Waals surface area contributed by atoms with Crippen LogP contribution in [0.4, 0.5) is 5.69 Å². The van der Waals surface area contributed by atoms with Crippen LogP contribution in [0.1, 0.15) is 23.7 Å². The van der Waals surface area contributed by atoms with Gasteiger partial charge in [-0.3, -0.25) is 4.31 Å². The van der Waals surface area contributed by atoms with Crippen LogP contribution in [0.2, 0.25) is 5.02 Å². The van der Waals surface area contributed by atoms with Crippen LogP contribution in [0.25, 0.3) is 0 Å². The summed E-state index contributed by atoms with van der Waals surface area (Å²) in [5.74, 6) is 0. The Bertz CT molecular complexity index is 820. The highest BCUT2D eigenvalue weighted by Crippen LogP contribution is 2.37. The average molecular weight is 338 g/mol. The predicted molar refractivity (Wildman–Crippen MR) is 86.7 cm³/mol. The number of benzene rings is 2. The lowest BCUT2D eigenvalue weighted by Gasteiger charge is -2.33. The fraction of sp³-hybridized carbons (Fsp3) is 0.250. The Kier molecular flexibility index (Phi) is 3.89. The van der Waals surface area contributed by atoms with E-state index in [1.54, 1.807) is 18.2 Å². The van der Waals surface area contributed by atoms with Crippen LogP contribution in [0.15, 0.2) is 47.4 Å². The normalized spacial score (nSPS) is 18.1. The highest BCUT2D eigenvalue weighted by molar-refractivity contribution is 7.92. The molecule has 0 saturated carbocycles. The molecule has 1 heterocycles. The van der Waals surface area contributed by atoms with Crippen molar-refractivity contribution >= 4 is 27.3 Å². The number of anilines is 1. The Morgan fingerprint density at radius 3 is 2.73 bits per heavy atom. The van der Waals surface area contributed by atoms with E-state index in [9.17, 15) is 13.5 Å². The Morgan fingerprint density at radius 2 is 2.00 bits per heavy atom. The van der Waals surface area contributed by atoms with Gasteiger partial charge < -0.3 is 5.11 Å². The second-order valence-electron chi connectivity index (χ2n) is 5.40. The molecule has 0 aliphatic carbocycles. The number of hydrogen-bond donors (Lipinski definition) is 1. The number of fused-ring (bicyclic) bond motifs is 1. The maximum absolute atomic E-state index is 12.9. The summed E-state index contributed by atoms with van der Waals surface area (Å²) in [5, 5.41) is 10.5. The van der Waals surface area contributed by atoms with Gasteiger partial charge in [0.25, 0.3) is 10.0 Å². The lowest BCUT2D eigenvalue weighted by Crippen LogP contribution is -2.36. The van der Waals surface area contributed by atoms with Crippen molar-refractivity contribution in [3.8, 4) is 0 Å². The summed E-state index contributed by atoms with van der Waals surface area (Å²) in [6, 6.07) is 11.6. The maximum atomic E-state index is 12.9. The van der Waals surface area contributed by atoms with Crippen LogP contribution in [0, 0.1) is 6.92 Å². The molecule has 0 fully saturated rings. The van der Waals surface area contributed by atoms with Crippen molar-refractivity contribution in [1.29, 1.82) is 0 Å². The molecule has 22 heavy (non-hydrogen) atoms. The van der Waals surface area contributed by atoms with Crippen molar-refractivity contribution in [1.82, 2.24) is 0 Å². The zero-order valence-corrected chi connectivity index (χ0v) is 13.6. The van der Waals surface area contributed by atoms with Gasteiger partial charge in [0.15, 0.2) is 0 Å². The van der Waals surface area contributed by atoms with Gasteiger partial charge in [0.2, 0.25) is 0 Å². The van der Waals surface area contributed by atoms with Crippen molar-refractivity contribution in [2.24, 2.45) is 0 Å². The van der Waals surface area contributed by atoms with E-state index in [4.69, 9.17) is 11.6 Å². The van der Waals surface area contributed by atoms with Crippen molar-refractivity contribution < 1.29 is 13.5 Å². The third kappa shape index (κ3) is 2.60. The smallest absolute Gasteiger partial charge is 0.264 e. The largest absolute Gasteiger partial charge is 0.388 e. The molecule has 3 rings (SSSR count). The molecule has 0 saturated heterocycles. The Balaban J connectivity index is 2.12. The monoisotopic (exact) mass is 337 g/mol. The van der Waals surface area contributed by atoms with Crippen LogP contribution < -0.4 is 4.31 Å². The van der Waals surface area contributed by atoms with E-state index in [1.807, 2.05) is 19.1 Å². The van der Waals surface area contributed by atoms with Crippen LogP contribution in [-0.2, 0) is 10.0 Å². The van der Waals surface area contributed by atoms with Gasteiger partial charge in [-0.25, -0.2) is 8.42 Å². The first-order valence-corrected chi connectivity index (χ1v) is 8.78. The van der Waals surface area contributed by atoms with Crippen molar-refractivity contribution in [2.45, 2.75) is 24.3 Å². The van der Waals surface area contributed by atoms with Gasteiger partial charge in [0, 0.05) is 17.1 Å². The first-order chi connectivity index (χ1) is 10.4. The second kappa shape index (κ2) is 5.57. The molecule has 0 bridgehead atoms. The Morgan fingerprint density at radius 1 is 1.23 bits per heavy atom. The van der Waals surface area contributed by atoms with E-state index in [0.717, 1.165) is 5.56 Å². The number of aliphatic hydroxyl groups excluding tert-OH is 1. The molecule has 0 radical (unpaired) electrons. The summed E-state index contributed by atoms with van der Waals surface area (Å²) in [6.07, 6.45) is -0.267. The Hall–Kier alpha value is -1.56. The molecule has 1 aliphatic heterocycles. The van der Waals surface area contributed by atoms with Crippen LogP contribution in [0.3, 0.4) is 0 Å². The summed E-state index contributed by atoms with van der Waals surface area (Å²) >= 11 is 5.91. The number of aryl methyl sites for hydroxylation is 1. The van der Waals surface area contributed by atoms with Crippen molar-refractivity contribution in [3.05, 3.63) is 58.6 Å². The highest BCUT2D eigenvalue weighted by atomic mass is 35.5. The molecule has 0 aromatic heterocycles.